The van der Waals surface area contributed by atoms with Crippen LogP contribution in [0.3, 0.4) is 0 Å². The van der Waals surface area contributed by atoms with E-state index in [4.69, 9.17) is 18.9 Å². The van der Waals surface area contributed by atoms with Crippen LogP contribution in [0.15, 0.2) is 24.3 Å². The Bertz CT molecular complexity index is 915. The minimum absolute atomic E-state index is 0.0477. The van der Waals surface area contributed by atoms with Crippen LogP contribution in [0.5, 0.6) is 0 Å². The zero-order valence-corrected chi connectivity index (χ0v) is 22.9. The molecule has 4 bridgehead atoms. The van der Waals surface area contributed by atoms with Gasteiger partial charge in [0.15, 0.2) is 12.6 Å². The number of fused-ring (bicyclic) bond motifs is 2. The SMILES string of the molecule is C=CCN1C[C@H](OC[C@@]23[C@@H]4[C@H](C)CC[C@H]4[C@]4(C(OC)OC)C[C@@H]2C=C(C(C)C)[C@@]34C(=O)O)O[C@H](C)C1. The molecule has 0 aromatic carbocycles. The highest BCUT2D eigenvalue weighted by atomic mass is 16.7. The molecule has 4 aliphatic carbocycles. The lowest BCUT2D eigenvalue weighted by Gasteiger charge is -2.50. The number of morpholine rings is 1. The van der Waals surface area contributed by atoms with Crippen molar-refractivity contribution in [3.8, 4) is 0 Å². The molecule has 7 heteroatoms. The van der Waals surface area contributed by atoms with Gasteiger partial charge in [0.25, 0.3) is 0 Å². The standard InChI is InChI=1S/C29H45NO6/c1-8-11-30-14-19(5)36-23(15-30)35-16-28-20-12-22(17(2)3)29(28,25(31)32)27(13-20,26(33-6)34-7)21-10-9-18(4)24(21)28/h8,12,17-21,23-24,26H,1,9-11,13-16H2,2-7H3,(H,31,32)/t18-,19-,20+,21-,23-,24-,27+,28+,29+/m1/s1. The molecular formula is C29H45NO6. The Morgan fingerprint density at radius 3 is 2.61 bits per heavy atom. The highest BCUT2D eigenvalue weighted by Crippen LogP contribution is 2.88. The van der Waals surface area contributed by atoms with E-state index < -0.39 is 28.5 Å². The number of rotatable bonds is 10. The highest BCUT2D eigenvalue weighted by molar-refractivity contribution is 5.85. The van der Waals surface area contributed by atoms with Crippen LogP contribution in [-0.2, 0) is 23.7 Å². The summed E-state index contributed by atoms with van der Waals surface area (Å²) in [5.41, 5.74) is -1.19. The minimum atomic E-state index is -1.08. The molecule has 1 aliphatic heterocycles. The number of nitrogens with zero attached hydrogens (tertiary/aromatic N) is 1. The maximum absolute atomic E-state index is 13.8. The van der Waals surface area contributed by atoms with Crippen molar-refractivity contribution in [2.75, 3.05) is 40.5 Å². The van der Waals surface area contributed by atoms with Crippen molar-refractivity contribution in [3.05, 3.63) is 24.3 Å². The molecule has 4 fully saturated rings. The summed E-state index contributed by atoms with van der Waals surface area (Å²) >= 11 is 0. The maximum Gasteiger partial charge on any atom is 0.315 e. The van der Waals surface area contributed by atoms with Gasteiger partial charge in [-0.2, -0.15) is 0 Å². The van der Waals surface area contributed by atoms with Crippen LogP contribution in [-0.4, -0.2) is 75.1 Å². The van der Waals surface area contributed by atoms with Gasteiger partial charge in [0.2, 0.25) is 0 Å². The fraction of sp³-hybridized carbons (Fsp3) is 0.828. The molecule has 5 aliphatic rings. The molecule has 7 nitrogen and oxygen atoms in total. The molecule has 3 saturated carbocycles. The van der Waals surface area contributed by atoms with E-state index in [2.05, 4.69) is 45.2 Å². The predicted molar refractivity (Wildman–Crippen MR) is 136 cm³/mol. The Labute approximate surface area is 216 Å². The van der Waals surface area contributed by atoms with Crippen LogP contribution in [0.4, 0.5) is 0 Å². The third kappa shape index (κ3) is 3.07. The molecular weight excluding hydrogens is 458 g/mol. The normalized spacial score (nSPS) is 45.5. The van der Waals surface area contributed by atoms with Crippen LogP contribution in [0.25, 0.3) is 0 Å². The molecule has 9 atom stereocenters. The molecule has 1 saturated heterocycles. The van der Waals surface area contributed by atoms with E-state index in [1.165, 1.54) is 0 Å². The van der Waals surface area contributed by atoms with Crippen LogP contribution in [0.2, 0.25) is 0 Å². The smallest absolute Gasteiger partial charge is 0.315 e. The average molecular weight is 504 g/mol. The molecule has 202 valence electrons. The first-order valence-corrected chi connectivity index (χ1v) is 13.8. The number of hydrogen-bond donors (Lipinski definition) is 1. The van der Waals surface area contributed by atoms with Gasteiger partial charge in [-0.1, -0.05) is 44.9 Å². The first-order chi connectivity index (χ1) is 17.1. The topological polar surface area (TPSA) is 77.5 Å². The number of carboxylic acid groups (broad SMARTS) is 1. The number of methoxy groups -OCH3 is 2. The van der Waals surface area contributed by atoms with Crippen molar-refractivity contribution in [2.45, 2.75) is 65.6 Å². The lowest BCUT2D eigenvalue weighted by atomic mass is 9.54. The summed E-state index contributed by atoms with van der Waals surface area (Å²) in [7, 11) is 3.33. The Morgan fingerprint density at radius 2 is 2.00 bits per heavy atom. The summed E-state index contributed by atoms with van der Waals surface area (Å²) in [5.74, 6) is 0.364. The Hall–Kier alpha value is -1.25. The van der Waals surface area contributed by atoms with E-state index in [1.807, 2.05) is 6.08 Å². The van der Waals surface area contributed by atoms with Crippen molar-refractivity contribution in [1.29, 1.82) is 0 Å². The lowest BCUT2D eigenvalue weighted by molar-refractivity contribution is -0.235. The third-order valence-corrected chi connectivity index (χ3v) is 10.7. The Balaban J connectivity index is 1.61. The van der Waals surface area contributed by atoms with Crippen molar-refractivity contribution in [1.82, 2.24) is 4.90 Å². The van der Waals surface area contributed by atoms with E-state index in [0.29, 0.717) is 19.1 Å². The Kier molecular flexibility index (Phi) is 6.73. The van der Waals surface area contributed by atoms with E-state index >= 15 is 0 Å². The van der Waals surface area contributed by atoms with Gasteiger partial charge in [-0.15, -0.1) is 6.58 Å². The number of aliphatic carboxylic acids is 1. The molecule has 1 N–H and O–H groups in total. The van der Waals surface area contributed by atoms with Gasteiger partial charge in [0.05, 0.1) is 12.7 Å². The van der Waals surface area contributed by atoms with Crippen LogP contribution in [0, 0.1) is 45.8 Å². The lowest BCUT2D eigenvalue weighted by Crippen LogP contribution is -2.58. The molecule has 0 unspecified atom stereocenters. The summed E-state index contributed by atoms with van der Waals surface area (Å²) in [6.07, 6.45) is 6.18. The van der Waals surface area contributed by atoms with Crippen LogP contribution >= 0.6 is 0 Å². The number of ether oxygens (including phenoxy) is 4. The van der Waals surface area contributed by atoms with Crippen molar-refractivity contribution < 1.29 is 28.8 Å². The largest absolute Gasteiger partial charge is 0.481 e. The molecule has 0 aromatic heterocycles. The quantitative estimate of drug-likeness (QED) is 0.354. The van der Waals surface area contributed by atoms with E-state index in [-0.39, 0.29) is 36.1 Å². The van der Waals surface area contributed by atoms with Gasteiger partial charge in [-0.25, -0.2) is 0 Å². The molecule has 0 spiro atoms. The second-order valence-electron chi connectivity index (χ2n) is 12.4. The minimum Gasteiger partial charge on any atom is -0.481 e. The first-order valence-electron chi connectivity index (χ1n) is 13.8. The van der Waals surface area contributed by atoms with E-state index in [0.717, 1.165) is 37.9 Å². The zero-order chi connectivity index (χ0) is 26.0. The number of hydrogen-bond acceptors (Lipinski definition) is 6. The average Bonchev–Trinajstić information content (AvgIpc) is 3.48. The Morgan fingerprint density at radius 1 is 1.28 bits per heavy atom. The number of carboxylic acids is 1. The van der Waals surface area contributed by atoms with Gasteiger partial charge < -0.3 is 24.1 Å². The van der Waals surface area contributed by atoms with Crippen molar-refractivity contribution >= 4 is 5.97 Å². The number of carbonyl (C=O) groups is 1. The highest BCUT2D eigenvalue weighted by Gasteiger charge is 2.91. The summed E-state index contributed by atoms with van der Waals surface area (Å²) in [6, 6.07) is 0. The molecule has 0 amide bonds. The maximum atomic E-state index is 13.8. The zero-order valence-electron chi connectivity index (χ0n) is 22.9. The summed E-state index contributed by atoms with van der Waals surface area (Å²) in [6.45, 7) is 15.2. The summed E-state index contributed by atoms with van der Waals surface area (Å²) in [4.78, 5) is 16.1. The van der Waals surface area contributed by atoms with Crippen LogP contribution in [0.1, 0.15) is 47.0 Å². The fourth-order valence-corrected chi connectivity index (χ4v) is 10.1. The third-order valence-electron chi connectivity index (χ3n) is 10.7. The van der Waals surface area contributed by atoms with E-state index in [1.54, 1.807) is 14.2 Å². The first kappa shape index (κ1) is 26.4. The monoisotopic (exact) mass is 503 g/mol. The predicted octanol–water partition coefficient (Wildman–Crippen LogP) is 4.19. The van der Waals surface area contributed by atoms with Crippen molar-refractivity contribution in [2.24, 2.45) is 45.8 Å². The van der Waals surface area contributed by atoms with Gasteiger partial charge in [0.1, 0.15) is 5.41 Å². The fourth-order valence-electron chi connectivity index (χ4n) is 10.1. The van der Waals surface area contributed by atoms with Crippen molar-refractivity contribution in [3.63, 3.8) is 0 Å². The summed E-state index contributed by atoms with van der Waals surface area (Å²) < 4.78 is 24.9. The van der Waals surface area contributed by atoms with Gasteiger partial charge >= 0.3 is 5.97 Å². The number of allylic oxidation sites excluding steroid dienone is 1. The molecule has 0 radical (unpaired) electrons. The molecule has 0 aromatic rings. The molecule has 36 heavy (non-hydrogen) atoms. The van der Waals surface area contributed by atoms with Crippen LogP contribution < -0.4 is 0 Å². The second-order valence-corrected chi connectivity index (χ2v) is 12.4. The molecule has 1 heterocycles. The molecule has 5 rings (SSSR count). The van der Waals surface area contributed by atoms with E-state index in [9.17, 15) is 9.90 Å². The summed E-state index contributed by atoms with van der Waals surface area (Å²) in [5, 5.41) is 11.3. The second kappa shape index (κ2) is 9.19. The van der Waals surface area contributed by atoms with Gasteiger partial charge in [-0.3, -0.25) is 9.69 Å². The van der Waals surface area contributed by atoms with Gasteiger partial charge in [-0.05, 0) is 49.4 Å². The van der Waals surface area contributed by atoms with Gasteiger partial charge in [0, 0.05) is 44.7 Å².